The van der Waals surface area contributed by atoms with Gasteiger partial charge in [0.25, 0.3) is 5.91 Å². The van der Waals surface area contributed by atoms with E-state index in [1.165, 1.54) is 10.4 Å². The van der Waals surface area contributed by atoms with E-state index in [-0.39, 0.29) is 11.9 Å². The first-order valence-electron chi connectivity index (χ1n) is 6.81. The molecular weight excluding hydrogens is 268 g/mol. The number of rotatable bonds is 1. The molecule has 104 valence electrons. The van der Waals surface area contributed by atoms with Crippen LogP contribution in [-0.2, 0) is 6.42 Å². The fourth-order valence-corrected chi connectivity index (χ4v) is 3.77. The van der Waals surface area contributed by atoms with Crippen LogP contribution in [0.5, 0.6) is 0 Å². The van der Waals surface area contributed by atoms with Crippen LogP contribution in [0.4, 0.5) is 5.69 Å². The summed E-state index contributed by atoms with van der Waals surface area (Å²) in [4.78, 5) is 16.2. The van der Waals surface area contributed by atoms with Gasteiger partial charge < -0.3 is 10.6 Å². The zero-order valence-electron chi connectivity index (χ0n) is 11.7. The molecule has 0 aliphatic carbocycles. The number of amides is 1. The van der Waals surface area contributed by atoms with Gasteiger partial charge in [0.05, 0.1) is 6.04 Å². The number of nitrogen functional groups attached to an aromatic ring is 1. The topological polar surface area (TPSA) is 46.3 Å². The molecule has 0 fully saturated rings. The second-order valence-corrected chi connectivity index (χ2v) is 6.30. The maximum Gasteiger partial charge on any atom is 0.254 e. The molecule has 2 N–H and O–H groups in total. The van der Waals surface area contributed by atoms with Gasteiger partial charge in [0.1, 0.15) is 0 Å². The number of thiophene rings is 1. The molecule has 1 atom stereocenters. The summed E-state index contributed by atoms with van der Waals surface area (Å²) < 4.78 is 0. The van der Waals surface area contributed by atoms with Gasteiger partial charge in [0.2, 0.25) is 0 Å². The van der Waals surface area contributed by atoms with Gasteiger partial charge in [-0.25, -0.2) is 0 Å². The fraction of sp³-hybridized carbons (Fsp3) is 0.312. The van der Waals surface area contributed by atoms with E-state index in [0.717, 1.165) is 24.1 Å². The third-order valence-corrected chi connectivity index (χ3v) is 5.03. The van der Waals surface area contributed by atoms with Crippen molar-refractivity contribution in [2.75, 3.05) is 12.3 Å². The first-order valence-corrected chi connectivity index (χ1v) is 7.69. The maximum atomic E-state index is 12.8. The Morgan fingerprint density at radius 3 is 3.00 bits per heavy atom. The summed E-state index contributed by atoms with van der Waals surface area (Å²) in [6, 6.07) is 7.80. The predicted molar refractivity (Wildman–Crippen MR) is 83.1 cm³/mol. The molecule has 1 unspecified atom stereocenters. The lowest BCUT2D eigenvalue weighted by molar-refractivity contribution is 0.0678. The van der Waals surface area contributed by atoms with E-state index in [2.05, 4.69) is 18.4 Å². The summed E-state index contributed by atoms with van der Waals surface area (Å²) in [5, 5.41) is 2.11. The highest BCUT2D eigenvalue weighted by Gasteiger charge is 2.29. The zero-order chi connectivity index (χ0) is 14.3. The van der Waals surface area contributed by atoms with Crippen LogP contribution in [-0.4, -0.2) is 17.4 Å². The first-order chi connectivity index (χ1) is 9.58. The van der Waals surface area contributed by atoms with Crippen LogP contribution in [0.25, 0.3) is 0 Å². The van der Waals surface area contributed by atoms with Crippen molar-refractivity contribution in [3.05, 3.63) is 51.2 Å². The van der Waals surface area contributed by atoms with Gasteiger partial charge in [0.15, 0.2) is 0 Å². The van der Waals surface area contributed by atoms with E-state index >= 15 is 0 Å². The smallest absolute Gasteiger partial charge is 0.254 e. The Balaban J connectivity index is 1.94. The number of hydrogen-bond acceptors (Lipinski definition) is 3. The molecule has 3 nitrogen and oxygen atoms in total. The highest BCUT2D eigenvalue weighted by atomic mass is 32.1. The average molecular weight is 286 g/mol. The molecule has 2 aromatic rings. The molecule has 0 radical (unpaired) electrons. The van der Waals surface area contributed by atoms with E-state index in [9.17, 15) is 4.79 Å². The third kappa shape index (κ3) is 2.10. The van der Waals surface area contributed by atoms with Gasteiger partial charge >= 0.3 is 0 Å². The van der Waals surface area contributed by atoms with Crippen LogP contribution in [0.2, 0.25) is 0 Å². The number of nitrogens with zero attached hydrogens (tertiary/aromatic N) is 1. The van der Waals surface area contributed by atoms with Crippen LogP contribution in [0.3, 0.4) is 0 Å². The number of anilines is 1. The molecule has 20 heavy (non-hydrogen) atoms. The van der Waals surface area contributed by atoms with Crippen molar-refractivity contribution in [3.8, 4) is 0 Å². The molecule has 1 amide bonds. The number of fused-ring (bicyclic) bond motifs is 1. The predicted octanol–water partition coefficient (Wildman–Crippen LogP) is 3.40. The summed E-state index contributed by atoms with van der Waals surface area (Å²) in [6.07, 6.45) is 0.949. The van der Waals surface area contributed by atoms with Crippen LogP contribution in [0, 0.1) is 6.92 Å². The Kier molecular flexibility index (Phi) is 3.26. The Bertz CT molecular complexity index is 662. The summed E-state index contributed by atoms with van der Waals surface area (Å²) in [6.45, 7) is 4.84. The van der Waals surface area contributed by atoms with Crippen molar-refractivity contribution in [2.45, 2.75) is 26.3 Å². The van der Waals surface area contributed by atoms with E-state index in [1.54, 1.807) is 17.4 Å². The van der Waals surface area contributed by atoms with E-state index in [4.69, 9.17) is 5.73 Å². The molecule has 1 aliphatic rings. The number of aryl methyl sites for hydroxylation is 1. The SMILES string of the molecule is Cc1ccc(N)cc1C(=O)N1CCc2sccc2C1C. The Morgan fingerprint density at radius 2 is 2.20 bits per heavy atom. The molecule has 0 saturated heterocycles. The van der Waals surface area contributed by atoms with Crippen LogP contribution >= 0.6 is 11.3 Å². The Hall–Kier alpha value is -1.81. The summed E-state index contributed by atoms with van der Waals surface area (Å²) in [5.41, 5.74) is 9.44. The highest BCUT2D eigenvalue weighted by molar-refractivity contribution is 7.10. The van der Waals surface area contributed by atoms with Crippen molar-refractivity contribution in [1.29, 1.82) is 0 Å². The van der Waals surface area contributed by atoms with Crippen molar-refractivity contribution < 1.29 is 4.79 Å². The minimum Gasteiger partial charge on any atom is -0.399 e. The molecule has 3 rings (SSSR count). The molecular formula is C16H18N2OS. The molecule has 1 aliphatic heterocycles. The van der Waals surface area contributed by atoms with Gasteiger partial charge in [-0.1, -0.05) is 6.07 Å². The minimum atomic E-state index is 0.0825. The molecule has 1 aromatic heterocycles. The highest BCUT2D eigenvalue weighted by Crippen LogP contribution is 2.34. The third-order valence-electron chi connectivity index (χ3n) is 4.03. The lowest BCUT2D eigenvalue weighted by Gasteiger charge is -2.34. The van der Waals surface area contributed by atoms with E-state index < -0.39 is 0 Å². The molecule has 0 saturated carbocycles. The second-order valence-electron chi connectivity index (χ2n) is 5.30. The first kappa shape index (κ1) is 13.2. The van der Waals surface area contributed by atoms with Gasteiger partial charge in [-0.15, -0.1) is 11.3 Å². The Labute approximate surface area is 123 Å². The number of carbonyl (C=O) groups excluding carboxylic acids is 1. The van der Waals surface area contributed by atoms with Gasteiger partial charge in [-0.3, -0.25) is 4.79 Å². The largest absolute Gasteiger partial charge is 0.399 e. The second kappa shape index (κ2) is 4.94. The summed E-state index contributed by atoms with van der Waals surface area (Å²) in [7, 11) is 0. The summed E-state index contributed by atoms with van der Waals surface area (Å²) >= 11 is 1.79. The van der Waals surface area contributed by atoms with Gasteiger partial charge in [-0.2, -0.15) is 0 Å². The molecule has 1 aromatic carbocycles. The van der Waals surface area contributed by atoms with Crippen LogP contribution < -0.4 is 5.73 Å². The fourth-order valence-electron chi connectivity index (χ4n) is 2.81. The normalized spacial score (nSPS) is 17.9. The maximum absolute atomic E-state index is 12.8. The number of benzene rings is 1. The van der Waals surface area contributed by atoms with Gasteiger partial charge in [0, 0.05) is 22.7 Å². The Morgan fingerprint density at radius 1 is 1.40 bits per heavy atom. The van der Waals surface area contributed by atoms with Crippen molar-refractivity contribution in [3.63, 3.8) is 0 Å². The van der Waals surface area contributed by atoms with Crippen molar-refractivity contribution in [2.24, 2.45) is 0 Å². The van der Waals surface area contributed by atoms with E-state index in [0.29, 0.717) is 5.69 Å². The molecule has 2 heterocycles. The molecule has 0 bridgehead atoms. The van der Waals surface area contributed by atoms with Crippen molar-refractivity contribution >= 4 is 22.9 Å². The van der Waals surface area contributed by atoms with Gasteiger partial charge in [-0.05, 0) is 55.0 Å². The number of nitrogens with two attached hydrogens (primary N) is 1. The lowest BCUT2D eigenvalue weighted by atomic mass is 9.99. The lowest BCUT2D eigenvalue weighted by Crippen LogP contribution is -2.38. The minimum absolute atomic E-state index is 0.0825. The van der Waals surface area contributed by atoms with Crippen LogP contribution in [0.1, 0.15) is 39.3 Å². The standard InChI is InChI=1S/C16H18N2OS/c1-10-3-4-12(17)9-14(10)16(19)18-7-5-15-13(11(18)2)6-8-20-15/h3-4,6,8-9,11H,5,7,17H2,1-2H3. The summed E-state index contributed by atoms with van der Waals surface area (Å²) in [5.74, 6) is 0.0825. The monoisotopic (exact) mass is 286 g/mol. The number of hydrogen-bond donors (Lipinski definition) is 1. The average Bonchev–Trinajstić information content (AvgIpc) is 2.90. The van der Waals surface area contributed by atoms with Crippen LogP contribution in [0.15, 0.2) is 29.6 Å². The van der Waals surface area contributed by atoms with Crippen molar-refractivity contribution in [1.82, 2.24) is 4.90 Å². The molecule has 4 heteroatoms. The number of carbonyl (C=O) groups is 1. The zero-order valence-corrected chi connectivity index (χ0v) is 12.5. The van der Waals surface area contributed by atoms with E-state index in [1.807, 2.05) is 24.0 Å². The molecule has 0 spiro atoms. The quantitative estimate of drug-likeness (QED) is 0.817.